The Morgan fingerprint density at radius 1 is 1.12 bits per heavy atom. The highest BCUT2D eigenvalue weighted by Gasteiger charge is 2.35. The van der Waals surface area contributed by atoms with Gasteiger partial charge in [-0.05, 0) is 34.8 Å². The van der Waals surface area contributed by atoms with E-state index in [1.807, 2.05) is 0 Å². The molecule has 0 heterocycles. The molecular formula is C11H11BrF3N. The molecule has 1 fully saturated rings. The monoisotopic (exact) mass is 293 g/mol. The molecule has 0 spiro atoms. The number of hydrogen-bond donors (Lipinski definition) is 1. The Labute approximate surface area is 100.0 Å². The highest BCUT2D eigenvalue weighted by Crippen LogP contribution is 2.40. The standard InChI is InChI=1S/C11H11BrF3N/c12-8-9(14)6(5-7(13)10(8)15)11(16)3-1-2-4-11/h5H,1-4,16H2. The maximum absolute atomic E-state index is 13.8. The van der Waals surface area contributed by atoms with E-state index in [1.165, 1.54) is 0 Å². The predicted molar refractivity (Wildman–Crippen MR) is 58.3 cm³/mol. The first-order chi connectivity index (χ1) is 7.46. The van der Waals surface area contributed by atoms with E-state index in [1.54, 1.807) is 0 Å². The van der Waals surface area contributed by atoms with E-state index in [-0.39, 0.29) is 5.56 Å². The second-order valence-electron chi connectivity index (χ2n) is 4.21. The van der Waals surface area contributed by atoms with Crippen molar-refractivity contribution in [3.8, 4) is 0 Å². The zero-order valence-corrected chi connectivity index (χ0v) is 10.1. The first kappa shape index (κ1) is 11.9. The van der Waals surface area contributed by atoms with Crippen molar-refractivity contribution in [2.75, 3.05) is 0 Å². The van der Waals surface area contributed by atoms with E-state index in [2.05, 4.69) is 15.9 Å². The summed E-state index contributed by atoms with van der Waals surface area (Å²) in [6.07, 6.45) is 2.96. The highest BCUT2D eigenvalue weighted by molar-refractivity contribution is 9.10. The molecule has 0 amide bonds. The summed E-state index contributed by atoms with van der Waals surface area (Å²) in [5.41, 5.74) is 5.22. The van der Waals surface area contributed by atoms with Crippen molar-refractivity contribution < 1.29 is 13.2 Å². The molecular weight excluding hydrogens is 283 g/mol. The third kappa shape index (κ3) is 1.76. The maximum Gasteiger partial charge on any atom is 0.175 e. The SMILES string of the molecule is NC1(c2cc(F)c(F)c(Br)c2F)CCCC1. The van der Waals surface area contributed by atoms with Crippen LogP contribution in [0.5, 0.6) is 0 Å². The number of benzene rings is 1. The average molecular weight is 294 g/mol. The molecule has 2 rings (SSSR count). The van der Waals surface area contributed by atoms with Crippen LogP contribution in [0, 0.1) is 17.5 Å². The van der Waals surface area contributed by atoms with Gasteiger partial charge in [-0.3, -0.25) is 0 Å². The van der Waals surface area contributed by atoms with Gasteiger partial charge in [0.15, 0.2) is 11.6 Å². The van der Waals surface area contributed by atoms with E-state index < -0.39 is 27.5 Å². The van der Waals surface area contributed by atoms with Crippen molar-refractivity contribution in [3.63, 3.8) is 0 Å². The summed E-state index contributed by atoms with van der Waals surface area (Å²) in [6.45, 7) is 0. The fourth-order valence-electron chi connectivity index (χ4n) is 2.21. The molecule has 2 N–H and O–H groups in total. The first-order valence-corrected chi connectivity index (χ1v) is 5.87. The van der Waals surface area contributed by atoms with E-state index in [4.69, 9.17) is 5.73 Å². The fraction of sp³-hybridized carbons (Fsp3) is 0.455. The van der Waals surface area contributed by atoms with E-state index >= 15 is 0 Å². The van der Waals surface area contributed by atoms with Gasteiger partial charge in [-0.2, -0.15) is 0 Å². The average Bonchev–Trinajstić information content (AvgIpc) is 2.68. The van der Waals surface area contributed by atoms with E-state index in [0.29, 0.717) is 12.8 Å². The summed E-state index contributed by atoms with van der Waals surface area (Å²) in [5, 5.41) is 0. The second kappa shape index (κ2) is 4.04. The van der Waals surface area contributed by atoms with Crippen LogP contribution in [-0.4, -0.2) is 0 Å². The lowest BCUT2D eigenvalue weighted by Gasteiger charge is -2.25. The summed E-state index contributed by atoms with van der Waals surface area (Å²) in [5.74, 6) is -3.06. The summed E-state index contributed by atoms with van der Waals surface area (Å²) < 4.78 is 39.6. The third-order valence-electron chi connectivity index (χ3n) is 3.13. The van der Waals surface area contributed by atoms with Crippen molar-refractivity contribution in [2.45, 2.75) is 31.2 Å². The minimum Gasteiger partial charge on any atom is -0.321 e. The van der Waals surface area contributed by atoms with Crippen LogP contribution in [0.4, 0.5) is 13.2 Å². The maximum atomic E-state index is 13.8. The fourth-order valence-corrected chi connectivity index (χ4v) is 2.61. The van der Waals surface area contributed by atoms with Crippen LogP contribution in [0.3, 0.4) is 0 Å². The summed E-state index contributed by atoms with van der Waals surface area (Å²) in [7, 11) is 0. The molecule has 0 radical (unpaired) electrons. The summed E-state index contributed by atoms with van der Waals surface area (Å²) in [6, 6.07) is 0.876. The van der Waals surface area contributed by atoms with Crippen molar-refractivity contribution >= 4 is 15.9 Å². The van der Waals surface area contributed by atoms with Gasteiger partial charge in [-0.1, -0.05) is 12.8 Å². The molecule has 0 bridgehead atoms. The molecule has 1 aromatic rings. The van der Waals surface area contributed by atoms with Gasteiger partial charge in [0.1, 0.15) is 5.82 Å². The molecule has 16 heavy (non-hydrogen) atoms. The second-order valence-corrected chi connectivity index (χ2v) is 5.00. The quantitative estimate of drug-likeness (QED) is 0.621. The van der Waals surface area contributed by atoms with Gasteiger partial charge in [-0.15, -0.1) is 0 Å². The molecule has 0 aliphatic heterocycles. The Morgan fingerprint density at radius 2 is 1.69 bits per heavy atom. The Hall–Kier alpha value is -0.550. The number of nitrogens with two attached hydrogens (primary N) is 1. The summed E-state index contributed by atoms with van der Waals surface area (Å²) >= 11 is 2.71. The number of rotatable bonds is 1. The van der Waals surface area contributed by atoms with Crippen LogP contribution < -0.4 is 5.73 Å². The number of halogens is 4. The van der Waals surface area contributed by atoms with Gasteiger partial charge in [-0.25, -0.2) is 13.2 Å². The smallest absolute Gasteiger partial charge is 0.175 e. The molecule has 1 aromatic carbocycles. The minimum atomic E-state index is -1.21. The Kier molecular flexibility index (Phi) is 3.01. The highest BCUT2D eigenvalue weighted by atomic mass is 79.9. The molecule has 5 heteroatoms. The van der Waals surface area contributed by atoms with Crippen molar-refractivity contribution in [3.05, 3.63) is 33.6 Å². The summed E-state index contributed by atoms with van der Waals surface area (Å²) in [4.78, 5) is 0. The molecule has 1 nitrogen and oxygen atoms in total. The first-order valence-electron chi connectivity index (χ1n) is 5.08. The van der Waals surface area contributed by atoms with Crippen molar-refractivity contribution in [1.29, 1.82) is 0 Å². The topological polar surface area (TPSA) is 26.0 Å². The molecule has 0 aromatic heterocycles. The molecule has 1 aliphatic rings. The van der Waals surface area contributed by atoms with Crippen LogP contribution in [-0.2, 0) is 5.54 Å². The largest absolute Gasteiger partial charge is 0.321 e. The zero-order chi connectivity index (χ0) is 11.9. The normalized spacial score (nSPS) is 19.1. The van der Waals surface area contributed by atoms with Crippen LogP contribution >= 0.6 is 15.9 Å². The van der Waals surface area contributed by atoms with Crippen LogP contribution in [0.25, 0.3) is 0 Å². The Balaban J connectivity index is 2.57. The Morgan fingerprint density at radius 3 is 2.25 bits per heavy atom. The van der Waals surface area contributed by atoms with Crippen LogP contribution in [0.1, 0.15) is 31.2 Å². The third-order valence-corrected chi connectivity index (χ3v) is 3.83. The molecule has 0 atom stereocenters. The zero-order valence-electron chi connectivity index (χ0n) is 8.49. The van der Waals surface area contributed by atoms with Gasteiger partial charge in [0.05, 0.1) is 4.47 Å². The van der Waals surface area contributed by atoms with Gasteiger partial charge in [0, 0.05) is 11.1 Å². The molecule has 88 valence electrons. The number of hydrogen-bond acceptors (Lipinski definition) is 1. The Bertz CT molecular complexity index is 428. The lowest BCUT2D eigenvalue weighted by Crippen LogP contribution is -2.34. The van der Waals surface area contributed by atoms with Crippen molar-refractivity contribution in [2.24, 2.45) is 5.73 Å². The molecule has 1 saturated carbocycles. The van der Waals surface area contributed by atoms with Crippen LogP contribution in [0.2, 0.25) is 0 Å². The van der Waals surface area contributed by atoms with Gasteiger partial charge in [0.25, 0.3) is 0 Å². The molecule has 0 saturated heterocycles. The predicted octanol–water partition coefficient (Wildman–Crippen LogP) is 3.59. The minimum absolute atomic E-state index is 0.0655. The lowest BCUT2D eigenvalue weighted by atomic mass is 9.89. The van der Waals surface area contributed by atoms with Crippen LogP contribution in [0.15, 0.2) is 10.5 Å². The molecule has 0 unspecified atom stereocenters. The van der Waals surface area contributed by atoms with Gasteiger partial charge in [0.2, 0.25) is 0 Å². The van der Waals surface area contributed by atoms with Crippen molar-refractivity contribution in [1.82, 2.24) is 0 Å². The molecule has 1 aliphatic carbocycles. The van der Waals surface area contributed by atoms with E-state index in [9.17, 15) is 13.2 Å². The lowest BCUT2D eigenvalue weighted by molar-refractivity contribution is 0.414. The van der Waals surface area contributed by atoms with Gasteiger partial charge < -0.3 is 5.73 Å². The van der Waals surface area contributed by atoms with E-state index in [0.717, 1.165) is 18.9 Å². The van der Waals surface area contributed by atoms with Gasteiger partial charge >= 0.3 is 0 Å².